The van der Waals surface area contributed by atoms with Crippen molar-refractivity contribution in [3.63, 3.8) is 0 Å². The predicted molar refractivity (Wildman–Crippen MR) is 98.1 cm³/mol. The summed E-state index contributed by atoms with van der Waals surface area (Å²) in [5, 5.41) is 0.753. The van der Waals surface area contributed by atoms with Gasteiger partial charge in [-0.3, -0.25) is 4.79 Å². The molecule has 2 aromatic rings. The van der Waals surface area contributed by atoms with Crippen LogP contribution in [0.5, 0.6) is 0 Å². The van der Waals surface area contributed by atoms with E-state index >= 15 is 0 Å². The van der Waals surface area contributed by atoms with Gasteiger partial charge >= 0.3 is 0 Å². The van der Waals surface area contributed by atoms with E-state index in [0.717, 1.165) is 47.4 Å². The summed E-state index contributed by atoms with van der Waals surface area (Å²) >= 11 is 9.48. The molecule has 0 N–H and O–H groups in total. The molecule has 1 fully saturated rings. The Morgan fingerprint density at radius 2 is 1.83 bits per heavy atom. The molecule has 0 aliphatic carbocycles. The lowest BCUT2D eigenvalue weighted by Crippen LogP contribution is -2.34. The van der Waals surface area contributed by atoms with E-state index in [1.807, 2.05) is 41.3 Å². The van der Waals surface area contributed by atoms with Gasteiger partial charge in [0.2, 0.25) is 0 Å². The molecule has 0 spiro atoms. The third-order valence-corrected chi connectivity index (χ3v) is 5.35. The Labute approximate surface area is 150 Å². The fourth-order valence-corrected chi connectivity index (χ4v) is 3.72. The van der Waals surface area contributed by atoms with Crippen molar-refractivity contribution in [2.24, 2.45) is 0 Å². The summed E-state index contributed by atoms with van der Waals surface area (Å²) in [4.78, 5) is 14.9. The lowest BCUT2D eigenvalue weighted by molar-refractivity contribution is 0.0753. The van der Waals surface area contributed by atoms with Crippen molar-refractivity contribution in [2.45, 2.75) is 25.2 Å². The van der Waals surface area contributed by atoms with Gasteiger partial charge in [-0.15, -0.1) is 0 Å². The molecule has 1 amide bonds. The first-order valence-corrected chi connectivity index (χ1v) is 9.11. The van der Waals surface area contributed by atoms with E-state index in [2.05, 4.69) is 28.1 Å². The fourth-order valence-electron chi connectivity index (χ4n) is 3.14. The first kappa shape index (κ1) is 16.5. The molecule has 0 bridgehead atoms. The predicted octanol–water partition coefficient (Wildman–Crippen LogP) is 5.51. The molecule has 0 saturated carbocycles. The number of halogens is 2. The first-order chi connectivity index (χ1) is 11.1. The van der Waals surface area contributed by atoms with E-state index < -0.39 is 0 Å². The van der Waals surface area contributed by atoms with Crippen LogP contribution < -0.4 is 0 Å². The maximum atomic E-state index is 12.9. The minimum Gasteiger partial charge on any atom is -0.338 e. The highest BCUT2D eigenvalue weighted by molar-refractivity contribution is 9.10. The van der Waals surface area contributed by atoms with Crippen molar-refractivity contribution in [1.82, 2.24) is 4.90 Å². The van der Waals surface area contributed by atoms with Crippen LogP contribution in [-0.4, -0.2) is 23.9 Å². The van der Waals surface area contributed by atoms with Crippen molar-refractivity contribution in [2.75, 3.05) is 13.1 Å². The lowest BCUT2D eigenvalue weighted by atomic mass is 9.94. The second-order valence-electron chi connectivity index (χ2n) is 5.98. The van der Waals surface area contributed by atoms with Gasteiger partial charge in [-0.05, 0) is 58.6 Å². The minimum atomic E-state index is 0.110. The standard InChI is InChI=1S/C19H19BrClNO/c20-18-7-2-1-6-17(18)19(23)22-12-4-3-5-15(13-22)14-8-10-16(21)11-9-14/h1-2,6-11,15H,3-5,12-13H2. The highest BCUT2D eigenvalue weighted by Gasteiger charge is 2.24. The fraction of sp³-hybridized carbons (Fsp3) is 0.316. The number of rotatable bonds is 2. The summed E-state index contributed by atoms with van der Waals surface area (Å²) in [6, 6.07) is 15.7. The summed E-state index contributed by atoms with van der Waals surface area (Å²) in [5.74, 6) is 0.486. The topological polar surface area (TPSA) is 20.3 Å². The molecule has 0 aromatic heterocycles. The van der Waals surface area contributed by atoms with E-state index in [1.54, 1.807) is 0 Å². The van der Waals surface area contributed by atoms with E-state index in [0.29, 0.717) is 5.92 Å². The Morgan fingerprint density at radius 1 is 1.09 bits per heavy atom. The van der Waals surface area contributed by atoms with Gasteiger partial charge in [0.15, 0.2) is 0 Å². The Kier molecular flexibility index (Phi) is 5.39. The number of carbonyl (C=O) groups excluding carboxylic acids is 1. The zero-order valence-electron chi connectivity index (χ0n) is 12.8. The van der Waals surface area contributed by atoms with Gasteiger partial charge in [-0.25, -0.2) is 0 Å². The normalized spacial score (nSPS) is 18.5. The summed E-state index contributed by atoms with van der Waals surface area (Å²) in [5.41, 5.74) is 2.01. The van der Waals surface area contributed by atoms with Gasteiger partial charge in [-0.2, -0.15) is 0 Å². The first-order valence-electron chi connectivity index (χ1n) is 7.94. The second-order valence-corrected chi connectivity index (χ2v) is 7.27. The van der Waals surface area contributed by atoms with Crippen LogP contribution in [0.2, 0.25) is 5.02 Å². The molecule has 1 aliphatic heterocycles. The Bertz CT molecular complexity index is 686. The minimum absolute atomic E-state index is 0.110. The number of carbonyl (C=O) groups is 1. The van der Waals surface area contributed by atoms with Crippen molar-refractivity contribution in [3.8, 4) is 0 Å². The van der Waals surface area contributed by atoms with Gasteiger partial charge in [-0.1, -0.05) is 42.3 Å². The van der Waals surface area contributed by atoms with Gasteiger partial charge in [0.1, 0.15) is 0 Å². The average molecular weight is 393 g/mol. The van der Waals surface area contributed by atoms with Crippen molar-refractivity contribution < 1.29 is 4.79 Å². The van der Waals surface area contributed by atoms with Crippen molar-refractivity contribution in [3.05, 3.63) is 69.2 Å². The van der Waals surface area contributed by atoms with Crippen LogP contribution in [0.25, 0.3) is 0 Å². The van der Waals surface area contributed by atoms with Crippen LogP contribution in [0, 0.1) is 0 Å². The Morgan fingerprint density at radius 3 is 2.57 bits per heavy atom. The van der Waals surface area contributed by atoms with Crippen LogP contribution in [-0.2, 0) is 0 Å². The third kappa shape index (κ3) is 3.96. The van der Waals surface area contributed by atoms with Crippen molar-refractivity contribution >= 4 is 33.4 Å². The van der Waals surface area contributed by atoms with Gasteiger partial charge in [0, 0.05) is 28.5 Å². The van der Waals surface area contributed by atoms with Gasteiger partial charge in [0.05, 0.1) is 5.56 Å². The quantitative estimate of drug-likeness (QED) is 0.659. The van der Waals surface area contributed by atoms with Gasteiger partial charge in [0.25, 0.3) is 5.91 Å². The Hall–Kier alpha value is -1.32. The number of amides is 1. The highest BCUT2D eigenvalue weighted by Crippen LogP contribution is 2.29. The van der Waals surface area contributed by atoms with E-state index in [-0.39, 0.29) is 5.91 Å². The molecule has 2 nitrogen and oxygen atoms in total. The van der Waals surface area contributed by atoms with E-state index in [4.69, 9.17) is 11.6 Å². The zero-order chi connectivity index (χ0) is 16.2. The summed E-state index contributed by atoms with van der Waals surface area (Å²) < 4.78 is 0.859. The number of likely N-dealkylation sites (tertiary alicyclic amines) is 1. The van der Waals surface area contributed by atoms with Crippen LogP contribution in [0.1, 0.15) is 41.1 Å². The van der Waals surface area contributed by atoms with E-state index in [1.165, 1.54) is 5.56 Å². The molecule has 0 radical (unpaired) electrons. The maximum absolute atomic E-state index is 12.9. The third-order valence-electron chi connectivity index (χ3n) is 4.40. The molecule has 1 unspecified atom stereocenters. The summed E-state index contributed by atoms with van der Waals surface area (Å²) in [6.07, 6.45) is 3.31. The van der Waals surface area contributed by atoms with Crippen molar-refractivity contribution in [1.29, 1.82) is 0 Å². The smallest absolute Gasteiger partial charge is 0.255 e. The van der Waals surface area contributed by atoms with Gasteiger partial charge < -0.3 is 4.90 Å². The van der Waals surface area contributed by atoms with Crippen LogP contribution in [0.4, 0.5) is 0 Å². The molecular weight excluding hydrogens is 374 g/mol. The summed E-state index contributed by atoms with van der Waals surface area (Å²) in [6.45, 7) is 1.59. The monoisotopic (exact) mass is 391 g/mol. The second kappa shape index (κ2) is 7.50. The zero-order valence-corrected chi connectivity index (χ0v) is 15.2. The summed E-state index contributed by atoms with van der Waals surface area (Å²) in [7, 11) is 0. The average Bonchev–Trinajstić information content (AvgIpc) is 2.81. The largest absolute Gasteiger partial charge is 0.338 e. The molecule has 1 atom stereocenters. The molecule has 3 rings (SSSR count). The molecule has 2 aromatic carbocycles. The number of nitrogens with zero attached hydrogens (tertiary/aromatic N) is 1. The van der Waals surface area contributed by atoms with Crippen LogP contribution in [0.3, 0.4) is 0 Å². The SMILES string of the molecule is O=C(c1ccccc1Br)N1CCCCC(c2ccc(Cl)cc2)C1. The molecule has 1 aliphatic rings. The lowest BCUT2D eigenvalue weighted by Gasteiger charge is -2.25. The maximum Gasteiger partial charge on any atom is 0.255 e. The molecule has 4 heteroatoms. The number of benzene rings is 2. The van der Waals surface area contributed by atoms with E-state index in [9.17, 15) is 4.79 Å². The molecular formula is C19H19BrClNO. The number of hydrogen-bond donors (Lipinski definition) is 0. The van der Waals surface area contributed by atoms with Crippen LogP contribution in [0.15, 0.2) is 53.0 Å². The molecule has 1 heterocycles. The van der Waals surface area contributed by atoms with Crippen LogP contribution >= 0.6 is 27.5 Å². The Balaban J connectivity index is 1.81. The molecule has 120 valence electrons. The molecule has 1 saturated heterocycles. The highest BCUT2D eigenvalue weighted by atomic mass is 79.9. The molecule has 23 heavy (non-hydrogen) atoms. The number of hydrogen-bond acceptors (Lipinski definition) is 1.